The summed E-state index contributed by atoms with van der Waals surface area (Å²) in [5.74, 6) is 0.866. The molecule has 2 heterocycles. The average molecular weight is 718 g/mol. The number of phenolic OH excluding ortho intramolecular Hbond substituents is 1. The van der Waals surface area contributed by atoms with E-state index in [4.69, 9.17) is 9.97 Å². The molecule has 0 aliphatic heterocycles. The van der Waals surface area contributed by atoms with E-state index in [0.717, 1.165) is 55.8 Å². The Balaban J connectivity index is 1.39. The molecule has 8 rings (SSSR count). The van der Waals surface area contributed by atoms with Crippen molar-refractivity contribution in [2.45, 2.75) is 59.3 Å². The van der Waals surface area contributed by atoms with Crippen LogP contribution in [0, 0.1) is 6.92 Å². The summed E-state index contributed by atoms with van der Waals surface area (Å²) in [4.78, 5) is 10.3. The molecule has 4 heteroatoms. The van der Waals surface area contributed by atoms with Gasteiger partial charge in [-0.25, -0.2) is 4.98 Å². The Morgan fingerprint density at radius 1 is 0.509 bits per heavy atom. The molecule has 6 aromatic carbocycles. The van der Waals surface area contributed by atoms with Crippen molar-refractivity contribution in [2.24, 2.45) is 0 Å². The number of fused-ring (bicyclic) bond motifs is 1. The Kier molecular flexibility index (Phi) is 9.01. The Morgan fingerprint density at radius 3 is 1.93 bits per heavy atom. The van der Waals surface area contributed by atoms with Crippen LogP contribution in [0.15, 0.2) is 152 Å². The zero-order valence-electron chi connectivity index (χ0n) is 32.7. The molecule has 0 saturated heterocycles. The highest BCUT2D eigenvalue weighted by Crippen LogP contribution is 2.42. The molecule has 0 spiro atoms. The van der Waals surface area contributed by atoms with Crippen molar-refractivity contribution in [2.75, 3.05) is 0 Å². The highest BCUT2D eigenvalue weighted by atomic mass is 16.3. The maximum Gasteiger partial charge on any atom is 0.149 e. The number of aryl methyl sites for hydroxylation is 1. The van der Waals surface area contributed by atoms with Gasteiger partial charge in [-0.3, -0.25) is 9.55 Å². The maximum atomic E-state index is 11.3. The van der Waals surface area contributed by atoms with Crippen LogP contribution in [0.5, 0.6) is 5.75 Å². The minimum atomic E-state index is -0.118. The summed E-state index contributed by atoms with van der Waals surface area (Å²) >= 11 is 0. The normalized spacial score (nSPS) is 12.0. The number of hydrogen-bond donors (Lipinski definition) is 1. The summed E-state index contributed by atoms with van der Waals surface area (Å²) in [7, 11) is 0. The van der Waals surface area contributed by atoms with Crippen LogP contribution in [0.4, 0.5) is 0 Å². The number of pyridine rings is 1. The van der Waals surface area contributed by atoms with Gasteiger partial charge in [0, 0.05) is 22.9 Å². The van der Waals surface area contributed by atoms with Gasteiger partial charge < -0.3 is 5.11 Å². The van der Waals surface area contributed by atoms with Crippen LogP contribution in [-0.2, 0) is 10.8 Å². The largest absolute Gasteiger partial charge is 0.507 e. The molecule has 0 amide bonds. The molecule has 4 nitrogen and oxygen atoms in total. The lowest BCUT2D eigenvalue weighted by molar-refractivity contribution is 0.477. The summed E-state index contributed by atoms with van der Waals surface area (Å²) in [6.07, 6.45) is 1.91. The Bertz CT molecular complexity index is 2670. The fraction of sp³-hybridized carbons (Fsp3) is 0.176. The highest BCUT2D eigenvalue weighted by Gasteiger charge is 2.25. The summed E-state index contributed by atoms with van der Waals surface area (Å²) in [6.45, 7) is 15.6. The van der Waals surface area contributed by atoms with Gasteiger partial charge in [-0.05, 0) is 106 Å². The average Bonchev–Trinajstić information content (AvgIpc) is 3.57. The summed E-state index contributed by atoms with van der Waals surface area (Å²) in [5, 5.41) is 11.3. The van der Waals surface area contributed by atoms with Crippen LogP contribution in [-0.4, -0.2) is 19.6 Å². The summed E-state index contributed by atoms with van der Waals surface area (Å²) in [5.41, 5.74) is 15.6. The van der Waals surface area contributed by atoms with Crippen molar-refractivity contribution in [3.63, 3.8) is 0 Å². The molecule has 8 aromatic rings. The highest BCUT2D eigenvalue weighted by molar-refractivity contribution is 5.97. The van der Waals surface area contributed by atoms with E-state index in [1.807, 2.05) is 24.4 Å². The number of imidazole rings is 1. The second-order valence-corrected chi connectivity index (χ2v) is 16.7. The molecule has 0 aliphatic rings. The topological polar surface area (TPSA) is 50.9 Å². The van der Waals surface area contributed by atoms with Crippen molar-refractivity contribution in [1.29, 1.82) is 0 Å². The van der Waals surface area contributed by atoms with Crippen molar-refractivity contribution >= 4 is 11.0 Å². The molecular weight excluding hydrogens is 671 g/mol. The van der Waals surface area contributed by atoms with Crippen LogP contribution >= 0.6 is 0 Å². The van der Waals surface area contributed by atoms with Gasteiger partial charge in [-0.2, -0.15) is 0 Å². The number of benzene rings is 6. The van der Waals surface area contributed by atoms with Gasteiger partial charge in [-0.15, -0.1) is 0 Å². The first-order valence-electron chi connectivity index (χ1n) is 19.0. The number of para-hydroxylation sites is 2. The van der Waals surface area contributed by atoms with E-state index in [9.17, 15) is 5.11 Å². The van der Waals surface area contributed by atoms with Gasteiger partial charge in [0.25, 0.3) is 0 Å². The van der Waals surface area contributed by atoms with E-state index in [-0.39, 0.29) is 16.6 Å². The third kappa shape index (κ3) is 6.97. The predicted molar refractivity (Wildman–Crippen MR) is 230 cm³/mol. The molecule has 272 valence electrons. The zero-order chi connectivity index (χ0) is 38.5. The first-order valence-corrected chi connectivity index (χ1v) is 19.0. The summed E-state index contributed by atoms with van der Waals surface area (Å²) < 4.78 is 2.23. The van der Waals surface area contributed by atoms with E-state index in [1.54, 1.807) is 6.07 Å². The lowest BCUT2D eigenvalue weighted by Crippen LogP contribution is -2.12. The van der Waals surface area contributed by atoms with Gasteiger partial charge in [-0.1, -0.05) is 138 Å². The number of rotatable bonds is 6. The van der Waals surface area contributed by atoms with Crippen molar-refractivity contribution < 1.29 is 5.11 Å². The third-order valence-electron chi connectivity index (χ3n) is 10.6. The van der Waals surface area contributed by atoms with Crippen LogP contribution in [0.1, 0.15) is 58.2 Å². The van der Waals surface area contributed by atoms with Crippen LogP contribution in [0.2, 0.25) is 0 Å². The maximum absolute atomic E-state index is 11.3. The number of hydrogen-bond acceptors (Lipinski definition) is 3. The molecule has 0 atom stereocenters. The van der Waals surface area contributed by atoms with E-state index in [0.29, 0.717) is 11.4 Å². The Morgan fingerprint density at radius 2 is 1.20 bits per heavy atom. The Labute approximate surface area is 324 Å². The zero-order valence-corrected chi connectivity index (χ0v) is 32.7. The molecule has 55 heavy (non-hydrogen) atoms. The molecule has 0 unspecified atom stereocenters. The molecule has 0 bridgehead atoms. The first-order chi connectivity index (χ1) is 26.3. The fourth-order valence-corrected chi connectivity index (χ4v) is 7.34. The quantitative estimate of drug-likeness (QED) is 0.186. The number of nitrogens with zero attached hydrogens (tertiary/aromatic N) is 3. The van der Waals surface area contributed by atoms with Crippen molar-refractivity contribution in [3.05, 3.63) is 168 Å². The minimum Gasteiger partial charge on any atom is -0.507 e. The van der Waals surface area contributed by atoms with Gasteiger partial charge in [0.15, 0.2) is 0 Å². The summed E-state index contributed by atoms with van der Waals surface area (Å²) in [6, 6.07) is 51.0. The third-order valence-corrected chi connectivity index (χ3v) is 10.6. The van der Waals surface area contributed by atoms with Crippen LogP contribution in [0.3, 0.4) is 0 Å². The molecule has 0 radical (unpaired) electrons. The number of aromatic nitrogens is 3. The lowest BCUT2D eigenvalue weighted by atomic mass is 9.83. The molecule has 2 aromatic heterocycles. The van der Waals surface area contributed by atoms with E-state index < -0.39 is 0 Å². The lowest BCUT2D eigenvalue weighted by Gasteiger charge is -2.23. The van der Waals surface area contributed by atoms with Gasteiger partial charge >= 0.3 is 0 Å². The second kappa shape index (κ2) is 13.9. The first kappa shape index (κ1) is 35.8. The predicted octanol–water partition coefficient (Wildman–Crippen LogP) is 13.4. The molecule has 0 fully saturated rings. The second-order valence-electron chi connectivity index (χ2n) is 16.7. The monoisotopic (exact) mass is 717 g/mol. The molecule has 1 N–H and O–H groups in total. The molecular formula is C51H47N3O. The molecule has 0 saturated carbocycles. The van der Waals surface area contributed by atoms with Crippen molar-refractivity contribution in [1.82, 2.24) is 14.5 Å². The van der Waals surface area contributed by atoms with Gasteiger partial charge in [0.1, 0.15) is 11.6 Å². The van der Waals surface area contributed by atoms with E-state index in [2.05, 4.69) is 174 Å². The standard InChI is InChI=1S/C51H47N3O/c1-33-20-22-34(23-21-33)36-26-27-52-44(31-36)38-28-37(29-40(30-38)51(5,6)7)41-17-13-18-46-48(41)53-49(42-16-11-12-19-47(42)55)54(46)45-25-24-39(50(2,3)4)32-43(45)35-14-9-8-10-15-35/h8-32,55H,1-7H3. The number of aromatic hydroxyl groups is 1. The van der Waals surface area contributed by atoms with Gasteiger partial charge in [0.2, 0.25) is 0 Å². The van der Waals surface area contributed by atoms with Crippen LogP contribution in [0.25, 0.3) is 72.7 Å². The molecule has 0 aliphatic carbocycles. The Hall–Kier alpha value is -6.26. The number of phenols is 1. The van der Waals surface area contributed by atoms with E-state index >= 15 is 0 Å². The van der Waals surface area contributed by atoms with Crippen LogP contribution < -0.4 is 0 Å². The fourth-order valence-electron chi connectivity index (χ4n) is 7.34. The van der Waals surface area contributed by atoms with Crippen molar-refractivity contribution in [3.8, 4) is 67.5 Å². The van der Waals surface area contributed by atoms with E-state index in [1.165, 1.54) is 22.3 Å². The van der Waals surface area contributed by atoms with Gasteiger partial charge in [0.05, 0.1) is 28.0 Å². The smallest absolute Gasteiger partial charge is 0.149 e. The SMILES string of the molecule is Cc1ccc(-c2ccnc(-c3cc(-c4cccc5c4nc(-c4ccccc4O)n5-c4ccc(C(C)(C)C)cc4-c4ccccc4)cc(C(C)(C)C)c3)c2)cc1. The minimum absolute atomic E-state index is 0.0446.